The summed E-state index contributed by atoms with van der Waals surface area (Å²) in [7, 11) is 0. The van der Waals surface area contributed by atoms with Gasteiger partial charge in [-0.15, -0.1) is 0 Å². The molecule has 0 aromatic heterocycles. The molecule has 0 aliphatic heterocycles. The van der Waals surface area contributed by atoms with Crippen molar-refractivity contribution in [3.8, 4) is 0 Å². The Balaban J connectivity index is 0. The summed E-state index contributed by atoms with van der Waals surface area (Å²) in [6.07, 6.45) is 0.391. The number of carboxylic acids is 1. The van der Waals surface area contributed by atoms with E-state index in [1.807, 2.05) is 0 Å². The Morgan fingerprint density at radius 2 is 2.14 bits per heavy atom. The van der Waals surface area contributed by atoms with Crippen molar-refractivity contribution >= 4 is 5.97 Å². The van der Waals surface area contributed by atoms with Gasteiger partial charge >= 0.3 is 5.97 Å². The van der Waals surface area contributed by atoms with Crippen molar-refractivity contribution < 1.29 is 36.7 Å². The van der Waals surface area contributed by atoms with Gasteiger partial charge in [-0.25, -0.2) is 9.18 Å². The molecule has 0 saturated heterocycles. The van der Waals surface area contributed by atoms with Gasteiger partial charge < -0.3 is 5.11 Å². The molecule has 1 radical (unpaired) electrons. The van der Waals surface area contributed by atoms with Crippen LogP contribution in [0.1, 0.15) is 0 Å². The fraction of sp³-hybridized carbons (Fsp3) is 0. The van der Waals surface area contributed by atoms with Crippen molar-refractivity contribution in [2.45, 2.75) is 0 Å². The van der Waals surface area contributed by atoms with E-state index < -0.39 is 5.97 Å². The molecule has 0 saturated carbocycles. The molecular formula is C3H3AgFO2. The van der Waals surface area contributed by atoms with Gasteiger partial charge in [-0.05, 0) is 0 Å². The maximum absolute atomic E-state index is 10.7. The third-order valence-corrected chi connectivity index (χ3v) is 0.206. The van der Waals surface area contributed by atoms with E-state index >= 15 is 0 Å². The van der Waals surface area contributed by atoms with E-state index in [-0.39, 0.29) is 28.7 Å². The van der Waals surface area contributed by atoms with Gasteiger partial charge in [0.25, 0.3) is 0 Å². The zero-order valence-electron chi connectivity index (χ0n) is 3.19. The Morgan fingerprint density at radius 3 is 2.14 bits per heavy atom. The monoisotopic (exact) mass is 197 g/mol. The van der Waals surface area contributed by atoms with Crippen LogP contribution in [0.25, 0.3) is 0 Å². The SMILES string of the molecule is O=C(O)C=CF.[Ag]. The second-order valence-electron chi connectivity index (χ2n) is 0.631. The predicted molar refractivity (Wildman–Crippen MR) is 17.9 cm³/mol. The summed E-state index contributed by atoms with van der Waals surface area (Å²) in [5.41, 5.74) is 0. The molecule has 4 heteroatoms. The van der Waals surface area contributed by atoms with Crippen LogP contribution in [0.4, 0.5) is 4.39 Å². The third kappa shape index (κ3) is 10.7. The molecule has 0 aliphatic carbocycles. The van der Waals surface area contributed by atoms with Gasteiger partial charge in [-0.3, -0.25) is 0 Å². The van der Waals surface area contributed by atoms with Crippen LogP contribution in [-0.2, 0) is 27.2 Å². The number of aliphatic carboxylic acids is 1. The van der Waals surface area contributed by atoms with Gasteiger partial charge in [0.15, 0.2) is 0 Å². The first-order chi connectivity index (χ1) is 2.77. The fourth-order valence-electron chi connectivity index (χ4n) is 0.0539. The topological polar surface area (TPSA) is 37.3 Å². The van der Waals surface area contributed by atoms with Crippen LogP contribution < -0.4 is 0 Å². The number of halogens is 1. The number of carbonyl (C=O) groups is 1. The molecule has 0 rings (SSSR count). The van der Waals surface area contributed by atoms with Crippen molar-refractivity contribution in [2.75, 3.05) is 0 Å². The summed E-state index contributed by atoms with van der Waals surface area (Å²) in [6, 6.07) is 0. The minimum atomic E-state index is -1.27. The van der Waals surface area contributed by atoms with E-state index in [1.165, 1.54) is 0 Å². The zero-order chi connectivity index (χ0) is 4.99. The predicted octanol–water partition coefficient (Wildman–Crippen LogP) is 0.552. The van der Waals surface area contributed by atoms with E-state index in [1.54, 1.807) is 0 Å². The molecule has 0 aromatic rings. The molecule has 0 fully saturated rings. The van der Waals surface area contributed by atoms with Crippen molar-refractivity contribution in [2.24, 2.45) is 0 Å². The van der Waals surface area contributed by atoms with Gasteiger partial charge in [0.2, 0.25) is 0 Å². The van der Waals surface area contributed by atoms with Crippen molar-refractivity contribution in [1.82, 2.24) is 0 Å². The Kier molecular flexibility index (Phi) is 8.39. The number of hydrogen-bond acceptors (Lipinski definition) is 1. The molecule has 0 bridgehead atoms. The molecule has 0 aromatic carbocycles. The van der Waals surface area contributed by atoms with Crippen LogP contribution in [0.2, 0.25) is 0 Å². The van der Waals surface area contributed by atoms with E-state index in [2.05, 4.69) is 0 Å². The van der Waals surface area contributed by atoms with Crippen LogP contribution >= 0.6 is 0 Å². The first kappa shape index (κ1) is 9.99. The minimum absolute atomic E-state index is 0. The summed E-state index contributed by atoms with van der Waals surface area (Å²) in [5.74, 6) is -1.27. The summed E-state index contributed by atoms with van der Waals surface area (Å²) in [6.45, 7) is 0. The first-order valence-corrected chi connectivity index (χ1v) is 1.27. The molecular weight excluding hydrogens is 195 g/mol. The second kappa shape index (κ2) is 5.88. The Morgan fingerprint density at radius 1 is 1.71 bits per heavy atom. The quantitative estimate of drug-likeness (QED) is 0.493. The molecule has 0 aliphatic rings. The molecule has 2 nitrogen and oxygen atoms in total. The van der Waals surface area contributed by atoms with Crippen LogP contribution in [0.5, 0.6) is 0 Å². The molecule has 0 unspecified atom stereocenters. The maximum Gasteiger partial charge on any atom is 0.330 e. The summed E-state index contributed by atoms with van der Waals surface area (Å²) in [4.78, 5) is 9.27. The van der Waals surface area contributed by atoms with Gasteiger partial charge in [0.05, 0.1) is 12.4 Å². The third-order valence-electron chi connectivity index (χ3n) is 0.206. The van der Waals surface area contributed by atoms with E-state index in [0.717, 1.165) is 0 Å². The van der Waals surface area contributed by atoms with Crippen molar-refractivity contribution in [1.29, 1.82) is 0 Å². The molecule has 7 heavy (non-hydrogen) atoms. The smallest absolute Gasteiger partial charge is 0.330 e. The van der Waals surface area contributed by atoms with Crippen LogP contribution in [-0.4, -0.2) is 11.1 Å². The molecule has 45 valence electrons. The van der Waals surface area contributed by atoms with E-state index in [9.17, 15) is 9.18 Å². The summed E-state index contributed by atoms with van der Waals surface area (Å²) >= 11 is 0. The van der Waals surface area contributed by atoms with Gasteiger partial charge in [-0.1, -0.05) is 0 Å². The molecule has 1 N–H and O–H groups in total. The summed E-state index contributed by atoms with van der Waals surface area (Å²) in [5, 5.41) is 7.59. The van der Waals surface area contributed by atoms with Gasteiger partial charge in [-0.2, -0.15) is 0 Å². The second-order valence-corrected chi connectivity index (χ2v) is 0.631. The average molecular weight is 198 g/mol. The summed E-state index contributed by atoms with van der Waals surface area (Å²) < 4.78 is 10.7. The first-order valence-electron chi connectivity index (χ1n) is 1.27. The minimum Gasteiger partial charge on any atom is -0.478 e. The molecule has 0 spiro atoms. The number of rotatable bonds is 1. The largest absolute Gasteiger partial charge is 0.478 e. The Labute approximate surface area is 55.5 Å². The Bertz CT molecular complexity index is 81.0. The van der Waals surface area contributed by atoms with E-state index in [0.29, 0.717) is 6.08 Å². The van der Waals surface area contributed by atoms with E-state index in [4.69, 9.17) is 5.11 Å². The van der Waals surface area contributed by atoms with Crippen molar-refractivity contribution in [3.05, 3.63) is 12.4 Å². The number of hydrogen-bond donors (Lipinski definition) is 1. The zero-order valence-corrected chi connectivity index (χ0v) is 4.67. The van der Waals surface area contributed by atoms with Crippen LogP contribution in [0.3, 0.4) is 0 Å². The number of carboxylic acid groups (broad SMARTS) is 1. The van der Waals surface area contributed by atoms with Gasteiger partial charge in [0, 0.05) is 22.4 Å². The van der Waals surface area contributed by atoms with Crippen molar-refractivity contribution in [3.63, 3.8) is 0 Å². The Hall–Kier alpha value is -0.120. The maximum atomic E-state index is 10.7. The van der Waals surface area contributed by atoms with Crippen LogP contribution in [0, 0.1) is 0 Å². The standard InChI is InChI=1S/C3H3FO2.Ag/c4-2-1-3(5)6;/h1-2H,(H,5,6);. The molecule has 0 amide bonds. The normalized spacial score (nSPS) is 8.14. The molecule has 0 atom stereocenters. The van der Waals surface area contributed by atoms with Gasteiger partial charge in [0.1, 0.15) is 0 Å². The average Bonchev–Trinajstić information content (AvgIpc) is 1.35. The van der Waals surface area contributed by atoms with Crippen LogP contribution in [0.15, 0.2) is 12.4 Å². The molecule has 0 heterocycles. The fourth-order valence-corrected chi connectivity index (χ4v) is 0.0539.